The first-order chi connectivity index (χ1) is 11.5. The average Bonchev–Trinajstić information content (AvgIpc) is 3.04. The lowest BCUT2D eigenvalue weighted by atomic mass is 9.77. The Hall–Kier alpha value is -1.97. The molecule has 0 spiro atoms. The van der Waals surface area contributed by atoms with Crippen LogP contribution in [0.2, 0.25) is 10.0 Å². The molecule has 24 heavy (non-hydrogen) atoms. The summed E-state index contributed by atoms with van der Waals surface area (Å²) >= 11 is 12.6. The van der Waals surface area contributed by atoms with E-state index in [-0.39, 0.29) is 12.0 Å². The Morgan fingerprint density at radius 1 is 1.17 bits per heavy atom. The first kappa shape index (κ1) is 15.6. The van der Waals surface area contributed by atoms with Gasteiger partial charge in [-0.2, -0.15) is 0 Å². The van der Waals surface area contributed by atoms with E-state index in [0.29, 0.717) is 21.5 Å². The number of hydrogen-bond acceptors (Lipinski definition) is 2. The van der Waals surface area contributed by atoms with Gasteiger partial charge in [0.05, 0.1) is 22.3 Å². The van der Waals surface area contributed by atoms with Crippen molar-refractivity contribution < 1.29 is 9.90 Å². The van der Waals surface area contributed by atoms with Crippen molar-refractivity contribution in [3.63, 3.8) is 0 Å². The highest BCUT2D eigenvalue weighted by Gasteiger charge is 2.38. The summed E-state index contributed by atoms with van der Waals surface area (Å²) in [6.07, 6.45) is 5.38. The number of halogens is 2. The minimum atomic E-state index is -0.915. The normalized spacial score (nSPS) is 24.2. The van der Waals surface area contributed by atoms with Gasteiger partial charge in [0.2, 0.25) is 0 Å². The minimum Gasteiger partial charge on any atom is -0.478 e. The second-order valence-electron chi connectivity index (χ2n) is 6.25. The van der Waals surface area contributed by atoms with Gasteiger partial charge in [0.1, 0.15) is 0 Å². The molecule has 3 atom stereocenters. The van der Waals surface area contributed by atoms with Crippen LogP contribution in [0.3, 0.4) is 0 Å². The van der Waals surface area contributed by atoms with E-state index in [1.165, 1.54) is 0 Å². The quantitative estimate of drug-likeness (QED) is 0.694. The molecule has 1 heterocycles. The van der Waals surface area contributed by atoms with Crippen LogP contribution in [0.15, 0.2) is 48.6 Å². The zero-order chi connectivity index (χ0) is 16.8. The summed E-state index contributed by atoms with van der Waals surface area (Å²) in [6.45, 7) is 0. The second kappa shape index (κ2) is 5.83. The molecule has 1 aliphatic heterocycles. The number of fused-ring (bicyclic) bond motifs is 3. The summed E-state index contributed by atoms with van der Waals surface area (Å²) in [6, 6.07) is 10.9. The molecule has 0 saturated heterocycles. The summed E-state index contributed by atoms with van der Waals surface area (Å²) in [7, 11) is 0. The molecular weight excluding hydrogens is 345 g/mol. The largest absolute Gasteiger partial charge is 0.478 e. The fourth-order valence-corrected chi connectivity index (χ4v) is 4.35. The summed E-state index contributed by atoms with van der Waals surface area (Å²) in [4.78, 5) is 11.1. The highest BCUT2D eigenvalue weighted by Crippen LogP contribution is 2.52. The Morgan fingerprint density at radius 3 is 2.62 bits per heavy atom. The second-order valence-corrected chi connectivity index (χ2v) is 7.10. The van der Waals surface area contributed by atoms with Crippen molar-refractivity contribution in [1.29, 1.82) is 0 Å². The number of anilines is 1. The predicted molar refractivity (Wildman–Crippen MR) is 96.2 cm³/mol. The SMILES string of the molecule is O=C(O)c1ccc([C@H]2Nc3c(Cl)cc(Cl)cc3[C@@H]3C=CC[C@H]23)cc1. The molecule has 4 rings (SSSR count). The van der Waals surface area contributed by atoms with Crippen LogP contribution in [0, 0.1) is 5.92 Å². The van der Waals surface area contributed by atoms with E-state index >= 15 is 0 Å². The highest BCUT2D eigenvalue weighted by atomic mass is 35.5. The Balaban J connectivity index is 1.76. The monoisotopic (exact) mass is 359 g/mol. The van der Waals surface area contributed by atoms with Gasteiger partial charge in [0.25, 0.3) is 0 Å². The van der Waals surface area contributed by atoms with Crippen molar-refractivity contribution in [3.8, 4) is 0 Å². The van der Waals surface area contributed by atoms with E-state index in [0.717, 1.165) is 23.2 Å². The van der Waals surface area contributed by atoms with Gasteiger partial charge in [0.15, 0.2) is 0 Å². The number of allylic oxidation sites excluding steroid dienone is 2. The number of rotatable bonds is 2. The first-order valence-corrected chi connectivity index (χ1v) is 8.55. The van der Waals surface area contributed by atoms with Crippen LogP contribution in [0.4, 0.5) is 5.69 Å². The number of carboxylic acids is 1. The minimum absolute atomic E-state index is 0.0824. The third kappa shape index (κ3) is 2.48. The molecule has 0 bridgehead atoms. The molecule has 2 aromatic rings. The third-order valence-electron chi connectivity index (χ3n) is 4.90. The van der Waals surface area contributed by atoms with E-state index in [4.69, 9.17) is 28.3 Å². The summed E-state index contributed by atoms with van der Waals surface area (Å²) in [5.41, 5.74) is 3.40. The molecule has 0 saturated carbocycles. The smallest absolute Gasteiger partial charge is 0.335 e. The standard InChI is InChI=1S/C19H15Cl2NO2/c20-12-8-15-13-2-1-3-14(13)17(22-18(15)16(21)9-12)10-4-6-11(7-5-10)19(23)24/h1-2,4-9,13-14,17,22H,3H2,(H,23,24)/t13-,14+,17-/m1/s1. The summed E-state index contributed by atoms with van der Waals surface area (Å²) < 4.78 is 0. The molecule has 0 amide bonds. The number of hydrogen-bond donors (Lipinski definition) is 2. The molecule has 3 nitrogen and oxygen atoms in total. The fraction of sp³-hybridized carbons (Fsp3) is 0.211. The average molecular weight is 360 g/mol. The van der Waals surface area contributed by atoms with E-state index in [9.17, 15) is 4.79 Å². The van der Waals surface area contributed by atoms with Crippen molar-refractivity contribution in [2.24, 2.45) is 5.92 Å². The lowest BCUT2D eigenvalue weighted by molar-refractivity contribution is 0.0697. The number of carboxylic acid groups (broad SMARTS) is 1. The first-order valence-electron chi connectivity index (χ1n) is 7.80. The molecular formula is C19H15Cl2NO2. The van der Waals surface area contributed by atoms with Crippen LogP contribution in [0.25, 0.3) is 0 Å². The molecule has 2 aliphatic rings. The number of aromatic carboxylic acids is 1. The van der Waals surface area contributed by atoms with Gasteiger partial charge in [0, 0.05) is 10.9 Å². The molecule has 2 aromatic carbocycles. The maximum atomic E-state index is 11.1. The number of nitrogens with one attached hydrogen (secondary N) is 1. The third-order valence-corrected chi connectivity index (χ3v) is 5.42. The lowest BCUT2D eigenvalue weighted by Crippen LogP contribution is -2.29. The number of carbonyl (C=O) groups is 1. The molecule has 0 unspecified atom stereocenters. The molecule has 0 radical (unpaired) electrons. The van der Waals surface area contributed by atoms with Crippen molar-refractivity contribution in [2.45, 2.75) is 18.4 Å². The van der Waals surface area contributed by atoms with Gasteiger partial charge in [-0.1, -0.05) is 47.5 Å². The van der Waals surface area contributed by atoms with Crippen molar-refractivity contribution in [3.05, 3.63) is 75.3 Å². The van der Waals surface area contributed by atoms with Crippen molar-refractivity contribution in [1.82, 2.24) is 0 Å². The number of benzene rings is 2. The molecule has 0 fully saturated rings. The Labute approximate surface area is 149 Å². The van der Waals surface area contributed by atoms with Crippen molar-refractivity contribution in [2.75, 3.05) is 5.32 Å². The van der Waals surface area contributed by atoms with E-state index in [2.05, 4.69) is 17.5 Å². The molecule has 5 heteroatoms. The fourth-order valence-electron chi connectivity index (χ4n) is 3.78. The summed E-state index contributed by atoms with van der Waals surface area (Å²) in [5, 5.41) is 13.9. The van der Waals surface area contributed by atoms with Gasteiger partial charge in [-0.3, -0.25) is 0 Å². The Morgan fingerprint density at radius 2 is 1.92 bits per heavy atom. The van der Waals surface area contributed by atoms with Gasteiger partial charge in [-0.15, -0.1) is 0 Å². The molecule has 1 aliphatic carbocycles. The highest BCUT2D eigenvalue weighted by molar-refractivity contribution is 6.36. The van der Waals surface area contributed by atoms with Gasteiger partial charge >= 0.3 is 5.97 Å². The molecule has 122 valence electrons. The summed E-state index contributed by atoms with van der Waals surface area (Å²) in [5.74, 6) is -0.286. The van der Waals surface area contributed by atoms with Crippen LogP contribution < -0.4 is 5.32 Å². The van der Waals surface area contributed by atoms with E-state index in [1.54, 1.807) is 18.2 Å². The van der Waals surface area contributed by atoms with Crippen LogP contribution >= 0.6 is 23.2 Å². The lowest BCUT2D eigenvalue weighted by Gasteiger charge is -2.38. The maximum absolute atomic E-state index is 11.1. The van der Waals surface area contributed by atoms with Crippen LogP contribution in [-0.4, -0.2) is 11.1 Å². The maximum Gasteiger partial charge on any atom is 0.335 e. The zero-order valence-electron chi connectivity index (χ0n) is 12.7. The Kier molecular flexibility index (Phi) is 3.78. The molecule has 2 N–H and O–H groups in total. The van der Waals surface area contributed by atoms with Crippen molar-refractivity contribution >= 4 is 34.9 Å². The van der Waals surface area contributed by atoms with Gasteiger partial charge in [-0.25, -0.2) is 4.79 Å². The molecule has 0 aromatic heterocycles. The van der Waals surface area contributed by atoms with Crippen LogP contribution in [0.5, 0.6) is 0 Å². The van der Waals surface area contributed by atoms with E-state index < -0.39 is 5.97 Å². The zero-order valence-corrected chi connectivity index (χ0v) is 14.2. The van der Waals surface area contributed by atoms with Crippen LogP contribution in [0.1, 0.15) is 39.9 Å². The topological polar surface area (TPSA) is 49.3 Å². The Bertz CT molecular complexity index is 845. The van der Waals surface area contributed by atoms with E-state index in [1.807, 2.05) is 18.2 Å². The van der Waals surface area contributed by atoms with Crippen LogP contribution in [-0.2, 0) is 0 Å². The van der Waals surface area contributed by atoms with Gasteiger partial charge in [-0.05, 0) is 47.7 Å². The predicted octanol–water partition coefficient (Wildman–Crippen LogP) is 5.52. The van der Waals surface area contributed by atoms with Gasteiger partial charge < -0.3 is 10.4 Å².